The number of benzene rings is 3. The van der Waals surface area contributed by atoms with Crippen LogP contribution in [0.15, 0.2) is 91.6 Å². The highest BCUT2D eigenvalue weighted by Gasteiger charge is 2.51. The van der Waals surface area contributed by atoms with Gasteiger partial charge in [0.1, 0.15) is 18.0 Å². The highest BCUT2D eigenvalue weighted by Crippen LogP contribution is 2.32. The van der Waals surface area contributed by atoms with Crippen LogP contribution in [0.1, 0.15) is 44.0 Å². The second kappa shape index (κ2) is 16.0. The number of aromatic nitrogens is 3. The van der Waals surface area contributed by atoms with Crippen molar-refractivity contribution in [1.82, 2.24) is 44.4 Å². The molecule has 296 valence electrons. The summed E-state index contributed by atoms with van der Waals surface area (Å²) in [6, 6.07) is 20.5. The Morgan fingerprint density at radius 2 is 1.74 bits per heavy atom. The van der Waals surface area contributed by atoms with Crippen molar-refractivity contribution in [3.8, 4) is 5.75 Å². The van der Waals surface area contributed by atoms with Gasteiger partial charge in [-0.2, -0.15) is 5.10 Å². The molecule has 0 radical (unpaired) electrons. The summed E-state index contributed by atoms with van der Waals surface area (Å²) >= 11 is 0. The molecule has 0 bridgehead atoms. The zero-order valence-corrected chi connectivity index (χ0v) is 33.1. The third kappa shape index (κ3) is 7.60. The monoisotopic (exact) mass is 771 g/mol. The first-order chi connectivity index (χ1) is 27.4. The number of carbonyl (C=O) groups excluding carboxylic acids is 4. The van der Waals surface area contributed by atoms with Gasteiger partial charge in [-0.3, -0.25) is 19.1 Å². The molecular formula is C43H49N9O5. The predicted octanol–water partition coefficient (Wildman–Crippen LogP) is 4.24. The number of para-hydroxylation sites is 1. The van der Waals surface area contributed by atoms with Crippen LogP contribution in [0.4, 0.5) is 4.79 Å². The minimum Gasteiger partial charge on any atom is -0.508 e. The van der Waals surface area contributed by atoms with Gasteiger partial charge < -0.3 is 29.7 Å². The fourth-order valence-electron chi connectivity index (χ4n) is 8.17. The molecule has 5 amide bonds. The highest BCUT2D eigenvalue weighted by atomic mass is 16.3. The van der Waals surface area contributed by atoms with E-state index in [4.69, 9.17) is 0 Å². The Kier molecular flexibility index (Phi) is 10.9. The van der Waals surface area contributed by atoms with Crippen LogP contribution in [0.2, 0.25) is 0 Å². The molecule has 57 heavy (non-hydrogen) atoms. The Morgan fingerprint density at radius 1 is 1.00 bits per heavy atom. The topological polar surface area (TPSA) is 139 Å². The molecule has 4 heterocycles. The summed E-state index contributed by atoms with van der Waals surface area (Å²) in [5.41, 5.74) is 6.70. The Morgan fingerprint density at radius 3 is 2.42 bits per heavy atom. The van der Waals surface area contributed by atoms with E-state index in [0.29, 0.717) is 12.1 Å². The Hall–Kier alpha value is -6.41. The zero-order valence-electron chi connectivity index (χ0n) is 33.1. The quantitative estimate of drug-likeness (QED) is 0.192. The van der Waals surface area contributed by atoms with Crippen molar-refractivity contribution in [2.75, 3.05) is 26.7 Å². The lowest BCUT2D eigenvalue weighted by Crippen LogP contribution is -2.76. The van der Waals surface area contributed by atoms with Gasteiger partial charge in [0.05, 0.1) is 29.9 Å². The molecule has 14 nitrogen and oxygen atoms in total. The molecule has 2 aromatic heterocycles. The summed E-state index contributed by atoms with van der Waals surface area (Å²) in [7, 11) is 5.56. The molecule has 2 aliphatic rings. The summed E-state index contributed by atoms with van der Waals surface area (Å²) < 4.78 is 3.74. The number of phenols is 1. The van der Waals surface area contributed by atoms with Crippen molar-refractivity contribution >= 4 is 34.7 Å². The maximum absolute atomic E-state index is 14.7. The summed E-state index contributed by atoms with van der Waals surface area (Å²) in [6.45, 7) is 8.81. The first-order valence-electron chi connectivity index (χ1n) is 19.0. The van der Waals surface area contributed by atoms with E-state index in [1.165, 1.54) is 0 Å². The van der Waals surface area contributed by atoms with E-state index in [9.17, 15) is 24.3 Å². The lowest BCUT2D eigenvalue weighted by atomic mass is 9.98. The number of nitrogens with one attached hydrogen (secondary N) is 1. The fourth-order valence-corrected chi connectivity index (χ4v) is 8.17. The van der Waals surface area contributed by atoms with Gasteiger partial charge >= 0.3 is 6.03 Å². The molecule has 0 unspecified atom stereocenters. The van der Waals surface area contributed by atoms with E-state index >= 15 is 0 Å². The van der Waals surface area contributed by atoms with Crippen molar-refractivity contribution in [3.05, 3.63) is 131 Å². The molecule has 2 fully saturated rings. The standard InChI is InChI=1S/C43H49N9O5/c1-7-20-50-27-39(54)51-37(21-30-16-18-33(53)19-17-30)42(56)49(26-38(51)52(50)43(57)44-22-31-12-9-8-10-13-31)23-32-14-11-15-34-36(25-46(4)40(32)34)41(55)47(5)24-35-28(2)45-48(6)29(35)3/h7-19,25,37-38,53H,1,20-24,26-27H2,2-6H3,(H,44,57)/t37-,38-/m0/s1. The zero-order chi connectivity index (χ0) is 40.5. The first-order valence-corrected chi connectivity index (χ1v) is 19.0. The van der Waals surface area contributed by atoms with Crippen molar-refractivity contribution < 1.29 is 24.3 Å². The summed E-state index contributed by atoms with van der Waals surface area (Å²) in [4.78, 5) is 61.9. The fraction of sp³-hybridized carbons (Fsp3) is 0.326. The highest BCUT2D eigenvalue weighted by molar-refractivity contribution is 6.07. The number of rotatable bonds is 11. The molecule has 2 N–H and O–H groups in total. The molecule has 2 aliphatic heterocycles. The van der Waals surface area contributed by atoms with Gasteiger partial charge in [-0.25, -0.2) is 14.8 Å². The summed E-state index contributed by atoms with van der Waals surface area (Å²) in [5, 5.41) is 21.5. The predicted molar refractivity (Wildman–Crippen MR) is 215 cm³/mol. The third-order valence-corrected chi connectivity index (χ3v) is 11.1. The van der Waals surface area contributed by atoms with Crippen molar-refractivity contribution in [1.29, 1.82) is 0 Å². The van der Waals surface area contributed by atoms with Crippen LogP contribution < -0.4 is 5.32 Å². The molecule has 2 atom stereocenters. The van der Waals surface area contributed by atoms with E-state index in [2.05, 4.69) is 17.0 Å². The molecule has 0 saturated carbocycles. The van der Waals surface area contributed by atoms with Crippen LogP contribution in [0.5, 0.6) is 5.75 Å². The molecular weight excluding hydrogens is 723 g/mol. The van der Waals surface area contributed by atoms with Gasteiger partial charge in [-0.05, 0) is 42.7 Å². The number of aryl methyl sites for hydroxylation is 3. The van der Waals surface area contributed by atoms with E-state index in [-0.39, 0.29) is 62.6 Å². The van der Waals surface area contributed by atoms with Crippen molar-refractivity contribution in [2.24, 2.45) is 14.1 Å². The number of phenolic OH excluding ortho intramolecular Hbond substituents is 1. The van der Waals surface area contributed by atoms with E-state index in [1.54, 1.807) is 62.1 Å². The van der Waals surface area contributed by atoms with Gasteiger partial charge in [0.25, 0.3) is 5.91 Å². The number of carbonyl (C=O) groups is 4. The van der Waals surface area contributed by atoms with Crippen LogP contribution in [-0.4, -0.2) is 107 Å². The second-order valence-corrected chi connectivity index (χ2v) is 14.9. The average molecular weight is 772 g/mol. The van der Waals surface area contributed by atoms with Crippen molar-refractivity contribution in [2.45, 2.75) is 52.1 Å². The number of aromatic hydroxyl groups is 1. The number of fused-ring (bicyclic) bond motifs is 2. The molecule has 0 aliphatic carbocycles. The molecule has 5 aromatic rings. The van der Waals surface area contributed by atoms with Gasteiger partial charge in [0.15, 0.2) is 0 Å². The van der Waals surface area contributed by atoms with Gasteiger partial charge in [0.2, 0.25) is 11.8 Å². The van der Waals surface area contributed by atoms with Crippen molar-refractivity contribution in [3.63, 3.8) is 0 Å². The molecule has 7 rings (SSSR count). The number of nitrogens with zero attached hydrogens (tertiary/aromatic N) is 8. The third-order valence-electron chi connectivity index (χ3n) is 11.1. The second-order valence-electron chi connectivity index (χ2n) is 14.9. The Balaban J connectivity index is 1.23. The van der Waals surface area contributed by atoms with E-state index < -0.39 is 18.2 Å². The van der Waals surface area contributed by atoms with Crippen LogP contribution >= 0.6 is 0 Å². The van der Waals surface area contributed by atoms with E-state index in [1.807, 2.05) is 91.9 Å². The lowest BCUT2D eigenvalue weighted by Gasteiger charge is -2.55. The van der Waals surface area contributed by atoms with Crippen LogP contribution in [0, 0.1) is 13.8 Å². The molecule has 2 saturated heterocycles. The normalized spacial score (nSPS) is 17.2. The maximum atomic E-state index is 14.7. The lowest BCUT2D eigenvalue weighted by molar-refractivity contribution is -0.189. The number of hydrogen-bond donors (Lipinski definition) is 2. The van der Waals surface area contributed by atoms with Crippen LogP contribution in [-0.2, 0) is 49.7 Å². The average Bonchev–Trinajstić information content (AvgIpc) is 3.66. The number of piperazine rings is 1. The maximum Gasteiger partial charge on any atom is 0.334 e. The van der Waals surface area contributed by atoms with Gasteiger partial charge in [-0.1, -0.05) is 66.7 Å². The van der Waals surface area contributed by atoms with E-state index in [0.717, 1.165) is 44.5 Å². The minimum absolute atomic E-state index is 0.0438. The van der Waals surface area contributed by atoms with Gasteiger partial charge in [0, 0.05) is 76.6 Å². The number of hydrazine groups is 1. The SMILES string of the molecule is C=CCN1CC(=O)N2[C@@H](Cc3ccc(O)cc3)C(=O)N(Cc3cccc4c(C(=O)N(C)Cc5c(C)nn(C)c5C)cn(C)c34)C[C@@H]2N1C(=O)NCc1ccccc1. The number of amides is 5. The van der Waals surface area contributed by atoms with Gasteiger partial charge in [-0.15, -0.1) is 6.58 Å². The smallest absolute Gasteiger partial charge is 0.334 e. The largest absolute Gasteiger partial charge is 0.508 e. The minimum atomic E-state index is -0.936. The number of urea groups is 1. The van der Waals surface area contributed by atoms with Crippen LogP contribution in [0.3, 0.4) is 0 Å². The molecule has 3 aromatic carbocycles. The van der Waals surface area contributed by atoms with Crippen LogP contribution in [0.25, 0.3) is 10.9 Å². The Bertz CT molecular complexity index is 2330. The molecule has 14 heteroatoms. The number of hydrogen-bond acceptors (Lipinski definition) is 7. The Labute approximate surface area is 332 Å². The first kappa shape index (κ1) is 38.8. The molecule has 0 spiro atoms. The summed E-state index contributed by atoms with van der Waals surface area (Å²) in [5.74, 6) is -0.594. The summed E-state index contributed by atoms with van der Waals surface area (Å²) in [6.07, 6.45) is 2.81.